The Balaban J connectivity index is 4.82. The fourth-order valence-electron chi connectivity index (χ4n) is 1.52. The highest BCUT2D eigenvalue weighted by molar-refractivity contribution is 6.68. The predicted molar refractivity (Wildman–Crippen MR) is 69.3 cm³/mol. The van der Waals surface area contributed by atoms with Gasteiger partial charge in [0.1, 0.15) is 0 Å². The molecule has 3 nitrogen and oxygen atoms in total. The zero-order valence-corrected chi connectivity index (χ0v) is 12.3. The van der Waals surface area contributed by atoms with Crippen molar-refractivity contribution in [3.05, 3.63) is 11.3 Å². The van der Waals surface area contributed by atoms with E-state index in [1.165, 1.54) is 0 Å². The van der Waals surface area contributed by atoms with E-state index in [0.29, 0.717) is 19.8 Å². The lowest BCUT2D eigenvalue weighted by Gasteiger charge is -2.29. The maximum atomic E-state index is 5.80. The molecule has 0 fully saturated rings. The fraction of sp³-hybridized carbons (Fsp3) is 0.833. The minimum Gasteiger partial charge on any atom is -0.371 e. The average molecular weight is 246 g/mol. The van der Waals surface area contributed by atoms with Gasteiger partial charge < -0.3 is 13.3 Å². The van der Waals surface area contributed by atoms with Gasteiger partial charge in [0.25, 0.3) is 0 Å². The average Bonchev–Trinajstić information content (AvgIpc) is 2.26. The van der Waals surface area contributed by atoms with Gasteiger partial charge in [0, 0.05) is 19.8 Å². The van der Waals surface area contributed by atoms with Gasteiger partial charge in [0.2, 0.25) is 0 Å². The lowest BCUT2D eigenvalue weighted by atomic mass is 10.3. The topological polar surface area (TPSA) is 27.7 Å². The zero-order valence-electron chi connectivity index (χ0n) is 11.3. The smallest absolute Gasteiger partial charge is 0.371 e. The molecule has 0 saturated carbocycles. The molecule has 0 atom stereocenters. The first-order valence-corrected chi connectivity index (χ1v) is 7.98. The fourth-order valence-corrected chi connectivity index (χ4v) is 3.99. The van der Waals surface area contributed by atoms with Crippen LogP contribution in [0, 0.1) is 0 Å². The molecule has 0 aliphatic rings. The van der Waals surface area contributed by atoms with Gasteiger partial charge in [-0.3, -0.25) is 0 Å². The molecule has 0 saturated heterocycles. The van der Waals surface area contributed by atoms with Crippen molar-refractivity contribution in [3.8, 4) is 0 Å². The molecule has 0 aliphatic heterocycles. The summed E-state index contributed by atoms with van der Waals surface area (Å²) < 4.78 is 17.4. The summed E-state index contributed by atoms with van der Waals surface area (Å²) in [6.07, 6.45) is 4.37. The van der Waals surface area contributed by atoms with Crippen LogP contribution in [0.15, 0.2) is 11.3 Å². The molecular formula is C12H26O3Si. The molecular weight excluding hydrogens is 220 g/mol. The van der Waals surface area contributed by atoms with Gasteiger partial charge in [0.15, 0.2) is 0 Å². The molecule has 16 heavy (non-hydrogen) atoms. The van der Waals surface area contributed by atoms with Crippen molar-refractivity contribution in [1.29, 1.82) is 0 Å². The van der Waals surface area contributed by atoms with E-state index >= 15 is 0 Å². The van der Waals surface area contributed by atoms with Crippen LogP contribution in [-0.4, -0.2) is 28.6 Å². The summed E-state index contributed by atoms with van der Waals surface area (Å²) in [5.41, 5.74) is 0. The number of hydrogen-bond donors (Lipinski definition) is 0. The van der Waals surface area contributed by atoms with Crippen molar-refractivity contribution in [1.82, 2.24) is 0 Å². The molecule has 0 aromatic carbocycles. The summed E-state index contributed by atoms with van der Waals surface area (Å²) in [5.74, 6) is 0. The lowest BCUT2D eigenvalue weighted by Crippen LogP contribution is -2.47. The summed E-state index contributed by atoms with van der Waals surface area (Å²) in [4.78, 5) is 0. The SMILES string of the molecule is CCC/C=C(\C)[Si](OCC)(OCC)OCC. The van der Waals surface area contributed by atoms with E-state index in [1.54, 1.807) is 0 Å². The van der Waals surface area contributed by atoms with Crippen molar-refractivity contribution < 1.29 is 13.3 Å². The molecule has 0 aromatic rings. The van der Waals surface area contributed by atoms with Crippen LogP contribution in [-0.2, 0) is 13.3 Å². The van der Waals surface area contributed by atoms with Crippen molar-refractivity contribution in [3.63, 3.8) is 0 Å². The van der Waals surface area contributed by atoms with Gasteiger partial charge in [0.05, 0.1) is 0 Å². The minimum atomic E-state index is -2.58. The van der Waals surface area contributed by atoms with Gasteiger partial charge in [-0.1, -0.05) is 19.4 Å². The Morgan fingerprint density at radius 3 is 1.69 bits per heavy atom. The number of hydrogen-bond acceptors (Lipinski definition) is 3. The molecule has 0 bridgehead atoms. The molecule has 4 heteroatoms. The van der Waals surface area contributed by atoms with Crippen LogP contribution in [0.25, 0.3) is 0 Å². The van der Waals surface area contributed by atoms with E-state index in [4.69, 9.17) is 13.3 Å². The van der Waals surface area contributed by atoms with Crippen molar-refractivity contribution in [2.24, 2.45) is 0 Å². The van der Waals surface area contributed by atoms with Crippen LogP contribution in [0.3, 0.4) is 0 Å². The van der Waals surface area contributed by atoms with Crippen LogP contribution in [0.1, 0.15) is 47.5 Å². The van der Waals surface area contributed by atoms with E-state index in [-0.39, 0.29) is 0 Å². The molecule has 96 valence electrons. The van der Waals surface area contributed by atoms with Crippen molar-refractivity contribution in [2.45, 2.75) is 47.5 Å². The van der Waals surface area contributed by atoms with Crippen LogP contribution < -0.4 is 0 Å². The molecule has 0 amide bonds. The van der Waals surface area contributed by atoms with E-state index in [9.17, 15) is 0 Å². The number of rotatable bonds is 9. The monoisotopic (exact) mass is 246 g/mol. The third kappa shape index (κ3) is 4.78. The first-order valence-electron chi connectivity index (χ1n) is 6.25. The standard InChI is InChI=1S/C12H26O3Si/c1-6-10-11-12(5)16(13-7-2,14-8-3)15-9-4/h11H,6-10H2,1-5H3/b12-11+. The molecule has 0 N–H and O–H groups in total. The summed E-state index contributed by atoms with van der Waals surface area (Å²) in [5, 5.41) is 1.14. The molecule has 0 heterocycles. The molecule has 0 unspecified atom stereocenters. The van der Waals surface area contributed by atoms with Crippen molar-refractivity contribution >= 4 is 8.80 Å². The molecule has 0 aliphatic carbocycles. The quantitative estimate of drug-likeness (QED) is 0.584. The van der Waals surface area contributed by atoms with Crippen LogP contribution in [0.4, 0.5) is 0 Å². The Bertz CT molecular complexity index is 187. The van der Waals surface area contributed by atoms with Gasteiger partial charge in [-0.2, -0.15) is 0 Å². The second-order valence-electron chi connectivity index (χ2n) is 3.53. The third-order valence-corrected chi connectivity index (χ3v) is 5.40. The third-order valence-electron chi connectivity index (χ3n) is 2.23. The predicted octanol–water partition coefficient (Wildman–Crippen LogP) is 3.32. The lowest BCUT2D eigenvalue weighted by molar-refractivity contribution is 0.0807. The van der Waals surface area contributed by atoms with E-state index < -0.39 is 8.80 Å². The first kappa shape index (κ1) is 15.8. The van der Waals surface area contributed by atoms with Gasteiger partial charge >= 0.3 is 8.80 Å². The Labute approximate surface area is 101 Å². The highest BCUT2D eigenvalue weighted by Gasteiger charge is 2.42. The summed E-state index contributed by atoms with van der Waals surface area (Å²) in [6.45, 7) is 12.0. The van der Waals surface area contributed by atoms with Crippen LogP contribution >= 0.6 is 0 Å². The Morgan fingerprint density at radius 2 is 1.38 bits per heavy atom. The molecule has 0 aromatic heterocycles. The number of allylic oxidation sites excluding steroid dienone is 2. The summed E-state index contributed by atoms with van der Waals surface area (Å²) >= 11 is 0. The minimum absolute atomic E-state index is 0.628. The number of unbranched alkanes of at least 4 members (excludes halogenated alkanes) is 1. The normalized spacial score (nSPS) is 13.2. The zero-order chi connectivity index (χ0) is 12.4. The Kier molecular flexibility index (Phi) is 8.84. The van der Waals surface area contributed by atoms with E-state index in [1.807, 2.05) is 20.8 Å². The van der Waals surface area contributed by atoms with E-state index in [2.05, 4.69) is 19.9 Å². The van der Waals surface area contributed by atoms with Crippen LogP contribution in [0.2, 0.25) is 0 Å². The van der Waals surface area contributed by atoms with Crippen LogP contribution in [0.5, 0.6) is 0 Å². The second-order valence-corrected chi connectivity index (χ2v) is 6.30. The molecule has 0 rings (SSSR count). The van der Waals surface area contributed by atoms with Crippen molar-refractivity contribution in [2.75, 3.05) is 19.8 Å². The molecule has 0 radical (unpaired) electrons. The summed E-state index contributed by atoms with van der Waals surface area (Å²) in [7, 11) is -2.58. The summed E-state index contributed by atoms with van der Waals surface area (Å²) in [6, 6.07) is 0. The van der Waals surface area contributed by atoms with Gasteiger partial charge in [-0.15, -0.1) is 0 Å². The Hall–Kier alpha value is -0.163. The van der Waals surface area contributed by atoms with Gasteiger partial charge in [-0.05, 0) is 39.3 Å². The maximum absolute atomic E-state index is 5.80. The first-order chi connectivity index (χ1) is 7.66. The maximum Gasteiger partial charge on any atom is 0.532 e. The largest absolute Gasteiger partial charge is 0.532 e. The van der Waals surface area contributed by atoms with E-state index in [0.717, 1.165) is 18.0 Å². The Morgan fingerprint density at radius 1 is 0.938 bits per heavy atom. The highest BCUT2D eigenvalue weighted by Crippen LogP contribution is 2.20. The highest BCUT2D eigenvalue weighted by atomic mass is 28.4. The second kappa shape index (κ2) is 8.93. The molecule has 0 spiro atoms. The van der Waals surface area contributed by atoms with Gasteiger partial charge in [-0.25, -0.2) is 0 Å².